The number of fused-ring (bicyclic) bond motifs is 8. The van der Waals surface area contributed by atoms with Crippen molar-refractivity contribution < 1.29 is 8.83 Å². The summed E-state index contributed by atoms with van der Waals surface area (Å²) < 4.78 is 13.0. The first-order valence-corrected chi connectivity index (χ1v) is 24.1. The maximum atomic E-state index is 6.52. The second-order valence-corrected chi connectivity index (χ2v) is 19.2. The normalized spacial score (nSPS) is 11.9. The van der Waals surface area contributed by atoms with Crippen LogP contribution in [0.3, 0.4) is 0 Å². The summed E-state index contributed by atoms with van der Waals surface area (Å²) in [6.07, 6.45) is 0. The van der Waals surface area contributed by atoms with Gasteiger partial charge in [-0.25, -0.2) is 0 Å². The first-order chi connectivity index (χ1) is 34.4. The van der Waals surface area contributed by atoms with E-state index in [1.807, 2.05) is 24.3 Å². The zero-order chi connectivity index (χ0) is 46.9. The standard InChI is InChI=1S/C66H48N2O2/c1-66(2,3)45-36-41-56-59(42-45)63(68(47-20-8-5-9-21-47)49-39-34-44(35-40-49)51-27-17-29-58-53-23-13-15-31-61(53)70-65(51)58)55-25-11-10-24-54(55)62(56)67(46-18-6-4-7-19-46)48-37-32-43(33-38-48)50-26-16-28-57-52-22-12-14-30-60(52)69-64(50)57/h4-42H,1-3H3. The molecule has 0 amide bonds. The van der Waals surface area contributed by atoms with Gasteiger partial charge in [0, 0.05) is 77.0 Å². The largest absolute Gasteiger partial charge is 0.455 e. The van der Waals surface area contributed by atoms with E-state index in [0.717, 1.165) is 122 Å². The zero-order valence-electron chi connectivity index (χ0n) is 39.2. The Morgan fingerprint density at radius 2 is 0.671 bits per heavy atom. The molecule has 4 nitrogen and oxygen atoms in total. The van der Waals surface area contributed by atoms with Crippen molar-refractivity contribution in [1.82, 2.24) is 0 Å². The van der Waals surface area contributed by atoms with Crippen LogP contribution in [0.25, 0.3) is 87.7 Å². The highest BCUT2D eigenvalue weighted by molar-refractivity contribution is 6.23. The molecule has 70 heavy (non-hydrogen) atoms. The first kappa shape index (κ1) is 41.3. The summed E-state index contributed by atoms with van der Waals surface area (Å²) in [5.41, 5.74) is 15.6. The van der Waals surface area contributed by atoms with Gasteiger partial charge in [0.2, 0.25) is 0 Å². The third kappa shape index (κ3) is 6.83. The molecule has 13 rings (SSSR count). The molecular weight excluding hydrogens is 853 g/mol. The molecule has 0 fully saturated rings. The topological polar surface area (TPSA) is 32.8 Å². The van der Waals surface area contributed by atoms with Crippen molar-refractivity contribution in [3.05, 3.63) is 242 Å². The summed E-state index contributed by atoms with van der Waals surface area (Å²) in [6, 6.07) is 85.1. The number of anilines is 6. The maximum absolute atomic E-state index is 6.52. The predicted molar refractivity (Wildman–Crippen MR) is 295 cm³/mol. The van der Waals surface area contributed by atoms with Crippen LogP contribution < -0.4 is 9.80 Å². The Morgan fingerprint density at radius 3 is 1.13 bits per heavy atom. The average molecular weight is 901 g/mol. The molecular formula is C66H48N2O2. The third-order valence-corrected chi connectivity index (χ3v) is 14.0. The van der Waals surface area contributed by atoms with E-state index in [1.54, 1.807) is 0 Å². The molecule has 13 aromatic rings. The Labute approximate surface area is 406 Å². The molecule has 0 radical (unpaired) electrons. The number of hydrogen-bond donors (Lipinski definition) is 0. The quantitative estimate of drug-likeness (QED) is 0.112. The van der Waals surface area contributed by atoms with Crippen molar-refractivity contribution in [2.75, 3.05) is 9.80 Å². The van der Waals surface area contributed by atoms with Gasteiger partial charge in [-0.3, -0.25) is 0 Å². The summed E-state index contributed by atoms with van der Waals surface area (Å²) in [5.74, 6) is 0. The van der Waals surface area contributed by atoms with Gasteiger partial charge in [0.15, 0.2) is 0 Å². The maximum Gasteiger partial charge on any atom is 0.143 e. The number of hydrogen-bond acceptors (Lipinski definition) is 4. The van der Waals surface area contributed by atoms with E-state index in [4.69, 9.17) is 8.83 Å². The number of nitrogens with zero attached hydrogens (tertiary/aromatic N) is 2. The van der Waals surface area contributed by atoms with Crippen LogP contribution in [0.4, 0.5) is 34.1 Å². The van der Waals surface area contributed by atoms with Crippen LogP contribution in [0.1, 0.15) is 26.3 Å². The average Bonchev–Trinajstić information content (AvgIpc) is 3.99. The van der Waals surface area contributed by atoms with Gasteiger partial charge >= 0.3 is 0 Å². The molecule has 0 N–H and O–H groups in total. The molecule has 0 aliphatic rings. The summed E-state index contributed by atoms with van der Waals surface area (Å²) >= 11 is 0. The van der Waals surface area contributed by atoms with Crippen molar-refractivity contribution in [2.24, 2.45) is 0 Å². The van der Waals surface area contributed by atoms with Gasteiger partial charge in [-0.05, 0) is 88.8 Å². The van der Waals surface area contributed by atoms with Crippen molar-refractivity contribution in [3.8, 4) is 22.3 Å². The Morgan fingerprint density at radius 1 is 0.300 bits per heavy atom. The Hall–Kier alpha value is -8.86. The molecule has 0 saturated heterocycles. The Balaban J connectivity index is 1.02. The van der Waals surface area contributed by atoms with E-state index in [9.17, 15) is 0 Å². The molecule has 11 aromatic carbocycles. The molecule has 0 aliphatic carbocycles. The molecule has 0 bridgehead atoms. The van der Waals surface area contributed by atoms with Crippen molar-refractivity contribution in [1.29, 1.82) is 0 Å². The third-order valence-electron chi connectivity index (χ3n) is 14.0. The number of rotatable bonds is 8. The van der Waals surface area contributed by atoms with Crippen LogP contribution in [0.15, 0.2) is 245 Å². The molecule has 0 aliphatic heterocycles. The van der Waals surface area contributed by atoms with E-state index in [1.165, 1.54) is 5.56 Å². The van der Waals surface area contributed by atoms with Crippen molar-refractivity contribution in [2.45, 2.75) is 26.2 Å². The molecule has 2 heterocycles. The predicted octanol–water partition coefficient (Wildman–Crippen LogP) is 19.4. The van der Waals surface area contributed by atoms with Crippen LogP contribution in [-0.4, -0.2) is 0 Å². The fourth-order valence-corrected chi connectivity index (χ4v) is 10.6. The SMILES string of the molecule is CC(C)(C)c1ccc2c(N(c3ccccc3)c3ccc(-c4cccc5c4oc4ccccc45)cc3)c3ccccc3c(N(c3ccccc3)c3ccc(-c4cccc5c4oc4ccccc45)cc3)c2c1. The lowest BCUT2D eigenvalue weighted by molar-refractivity contribution is 0.591. The summed E-state index contributed by atoms with van der Waals surface area (Å²) in [5, 5.41) is 9.09. The van der Waals surface area contributed by atoms with Gasteiger partial charge in [0.05, 0.1) is 11.4 Å². The first-order valence-electron chi connectivity index (χ1n) is 24.1. The Bertz CT molecular complexity index is 4090. The molecule has 0 atom stereocenters. The fourth-order valence-electron chi connectivity index (χ4n) is 10.6. The molecule has 334 valence electrons. The highest BCUT2D eigenvalue weighted by Crippen LogP contribution is 2.52. The van der Waals surface area contributed by atoms with E-state index in [2.05, 4.69) is 243 Å². The van der Waals surface area contributed by atoms with E-state index in [0.29, 0.717) is 0 Å². The number of furan rings is 2. The Kier molecular flexibility index (Phi) is 9.70. The van der Waals surface area contributed by atoms with Gasteiger partial charge in [-0.15, -0.1) is 0 Å². The highest BCUT2D eigenvalue weighted by Gasteiger charge is 2.27. The minimum atomic E-state index is -0.105. The summed E-state index contributed by atoms with van der Waals surface area (Å²) in [7, 11) is 0. The van der Waals surface area contributed by atoms with E-state index in [-0.39, 0.29) is 5.41 Å². The van der Waals surface area contributed by atoms with E-state index < -0.39 is 0 Å². The van der Waals surface area contributed by atoms with Crippen LogP contribution in [-0.2, 0) is 5.41 Å². The minimum Gasteiger partial charge on any atom is -0.455 e. The molecule has 4 heteroatoms. The van der Waals surface area contributed by atoms with Crippen molar-refractivity contribution >= 4 is 99.5 Å². The summed E-state index contributed by atoms with van der Waals surface area (Å²) in [6.45, 7) is 6.90. The lowest BCUT2D eigenvalue weighted by atomic mass is 9.84. The molecule has 0 saturated carbocycles. The van der Waals surface area contributed by atoms with Crippen LogP contribution in [0.5, 0.6) is 0 Å². The lowest BCUT2D eigenvalue weighted by Crippen LogP contribution is -2.16. The van der Waals surface area contributed by atoms with Gasteiger partial charge in [0.1, 0.15) is 22.3 Å². The van der Waals surface area contributed by atoms with Crippen molar-refractivity contribution in [3.63, 3.8) is 0 Å². The van der Waals surface area contributed by atoms with Gasteiger partial charge in [-0.2, -0.15) is 0 Å². The smallest absolute Gasteiger partial charge is 0.143 e. The lowest BCUT2D eigenvalue weighted by Gasteiger charge is -2.33. The summed E-state index contributed by atoms with van der Waals surface area (Å²) in [4.78, 5) is 4.89. The molecule has 2 aromatic heterocycles. The molecule has 0 spiro atoms. The van der Waals surface area contributed by atoms with Gasteiger partial charge in [-0.1, -0.05) is 191 Å². The second-order valence-electron chi connectivity index (χ2n) is 19.2. The number of para-hydroxylation sites is 6. The van der Waals surface area contributed by atoms with E-state index >= 15 is 0 Å². The van der Waals surface area contributed by atoms with Gasteiger partial charge in [0.25, 0.3) is 0 Å². The van der Waals surface area contributed by atoms with Crippen LogP contribution in [0.2, 0.25) is 0 Å². The second kappa shape index (κ2) is 16.4. The van der Waals surface area contributed by atoms with Crippen LogP contribution >= 0.6 is 0 Å². The van der Waals surface area contributed by atoms with Gasteiger partial charge < -0.3 is 18.6 Å². The number of benzene rings is 11. The highest BCUT2D eigenvalue weighted by atomic mass is 16.3. The minimum absolute atomic E-state index is 0.105. The fraction of sp³-hybridized carbons (Fsp3) is 0.0606. The monoisotopic (exact) mass is 900 g/mol. The zero-order valence-corrected chi connectivity index (χ0v) is 39.2. The molecule has 0 unspecified atom stereocenters. The van der Waals surface area contributed by atoms with Crippen LogP contribution in [0, 0.1) is 0 Å².